The minimum atomic E-state index is 0.562. The molecule has 1 saturated heterocycles. The summed E-state index contributed by atoms with van der Waals surface area (Å²) in [6, 6.07) is 6.59. The second-order valence-corrected chi connectivity index (χ2v) is 6.01. The summed E-state index contributed by atoms with van der Waals surface area (Å²) in [4.78, 5) is 0. The predicted octanol–water partition coefficient (Wildman–Crippen LogP) is 3.89. The van der Waals surface area contributed by atoms with Crippen LogP contribution in [0.5, 0.6) is 5.75 Å². The van der Waals surface area contributed by atoms with Gasteiger partial charge in [0.05, 0.1) is 6.61 Å². The molecule has 0 aromatic heterocycles. The number of rotatable bonds is 5. The Kier molecular flexibility index (Phi) is 5.26. The second kappa shape index (κ2) is 6.95. The van der Waals surface area contributed by atoms with Crippen molar-refractivity contribution < 1.29 is 4.74 Å². The van der Waals surface area contributed by atoms with Crippen LogP contribution in [0.25, 0.3) is 0 Å². The molecule has 0 aliphatic carbocycles. The van der Waals surface area contributed by atoms with Gasteiger partial charge in [0, 0.05) is 0 Å². The fourth-order valence-corrected chi connectivity index (χ4v) is 2.64. The van der Waals surface area contributed by atoms with E-state index in [9.17, 15) is 0 Å². The minimum absolute atomic E-state index is 0.562. The number of ether oxygens (including phenoxy) is 1. The van der Waals surface area contributed by atoms with Crippen molar-refractivity contribution in [3.63, 3.8) is 0 Å². The van der Waals surface area contributed by atoms with Gasteiger partial charge in [-0.3, -0.25) is 0 Å². The van der Waals surface area contributed by atoms with E-state index in [4.69, 9.17) is 4.74 Å². The Balaban J connectivity index is 1.86. The molecular weight excluding hydrogens is 234 g/mol. The van der Waals surface area contributed by atoms with Crippen LogP contribution in [0.4, 0.5) is 0 Å². The van der Waals surface area contributed by atoms with Gasteiger partial charge in [-0.25, -0.2) is 0 Å². The zero-order chi connectivity index (χ0) is 13.7. The van der Waals surface area contributed by atoms with Gasteiger partial charge < -0.3 is 10.1 Å². The molecule has 1 aromatic carbocycles. The number of hydrogen-bond donors (Lipinski definition) is 1. The topological polar surface area (TPSA) is 21.3 Å². The Morgan fingerprint density at radius 2 is 2.00 bits per heavy atom. The summed E-state index contributed by atoms with van der Waals surface area (Å²) in [7, 11) is 0. The summed E-state index contributed by atoms with van der Waals surface area (Å²) in [6.45, 7) is 9.78. The van der Waals surface area contributed by atoms with Crippen molar-refractivity contribution in [3.8, 4) is 5.75 Å². The zero-order valence-electron chi connectivity index (χ0n) is 12.5. The van der Waals surface area contributed by atoms with Crippen LogP contribution in [0.3, 0.4) is 0 Å². The number of hydrogen-bond acceptors (Lipinski definition) is 2. The van der Waals surface area contributed by atoms with Gasteiger partial charge in [0.15, 0.2) is 0 Å². The largest absolute Gasteiger partial charge is 0.493 e. The van der Waals surface area contributed by atoms with Crippen LogP contribution in [0, 0.1) is 12.8 Å². The average molecular weight is 261 g/mol. The highest BCUT2D eigenvalue weighted by atomic mass is 16.5. The molecule has 2 rings (SSSR count). The molecule has 1 fully saturated rings. The summed E-state index contributed by atoms with van der Waals surface area (Å²) in [5.74, 6) is 2.47. The Labute approximate surface area is 117 Å². The first kappa shape index (κ1) is 14.4. The van der Waals surface area contributed by atoms with E-state index < -0.39 is 0 Å². The molecule has 106 valence electrons. The summed E-state index contributed by atoms with van der Waals surface area (Å²) in [6.07, 6.45) is 3.79. The molecule has 0 unspecified atom stereocenters. The van der Waals surface area contributed by atoms with Gasteiger partial charge in [0.2, 0.25) is 0 Å². The molecular formula is C17H27NO. The molecule has 1 N–H and O–H groups in total. The lowest BCUT2D eigenvalue weighted by Crippen LogP contribution is -2.28. The molecule has 2 nitrogen and oxygen atoms in total. The Hall–Kier alpha value is -1.02. The van der Waals surface area contributed by atoms with Crippen molar-refractivity contribution in [1.82, 2.24) is 5.32 Å². The van der Waals surface area contributed by atoms with Crippen molar-refractivity contribution in [3.05, 3.63) is 29.3 Å². The fraction of sp³-hybridized carbons (Fsp3) is 0.647. The summed E-state index contributed by atoms with van der Waals surface area (Å²) in [5, 5.41) is 3.41. The van der Waals surface area contributed by atoms with E-state index in [0.29, 0.717) is 5.92 Å². The molecule has 2 heteroatoms. The molecule has 19 heavy (non-hydrogen) atoms. The summed E-state index contributed by atoms with van der Waals surface area (Å²) < 4.78 is 6.01. The summed E-state index contributed by atoms with van der Waals surface area (Å²) >= 11 is 0. The molecule has 1 aliphatic heterocycles. The lowest BCUT2D eigenvalue weighted by atomic mass is 9.95. The van der Waals surface area contributed by atoms with Crippen LogP contribution in [-0.4, -0.2) is 19.7 Å². The predicted molar refractivity (Wildman–Crippen MR) is 81.0 cm³/mol. The standard InChI is InChI=1S/C17H27NO/c1-13(2)16-5-4-14(3)17(12-16)19-11-8-15-6-9-18-10-7-15/h4-5,12-13,15,18H,6-11H2,1-3H3. The number of benzene rings is 1. The van der Waals surface area contributed by atoms with Gasteiger partial charge in [0.1, 0.15) is 5.75 Å². The third-order valence-corrected chi connectivity index (χ3v) is 4.12. The van der Waals surface area contributed by atoms with E-state index in [2.05, 4.69) is 44.3 Å². The molecule has 0 bridgehead atoms. The molecule has 1 heterocycles. The lowest BCUT2D eigenvalue weighted by molar-refractivity contribution is 0.250. The van der Waals surface area contributed by atoms with Crippen molar-refractivity contribution in [2.24, 2.45) is 5.92 Å². The first-order valence-electron chi connectivity index (χ1n) is 7.61. The average Bonchev–Trinajstić information content (AvgIpc) is 2.42. The van der Waals surface area contributed by atoms with Crippen LogP contribution in [0.15, 0.2) is 18.2 Å². The third-order valence-electron chi connectivity index (χ3n) is 4.12. The van der Waals surface area contributed by atoms with Crippen LogP contribution in [0.2, 0.25) is 0 Å². The number of aryl methyl sites for hydroxylation is 1. The maximum Gasteiger partial charge on any atom is 0.122 e. The molecule has 0 saturated carbocycles. The van der Waals surface area contributed by atoms with E-state index in [1.165, 1.54) is 43.5 Å². The van der Waals surface area contributed by atoms with E-state index in [1.54, 1.807) is 0 Å². The quantitative estimate of drug-likeness (QED) is 0.868. The normalized spacial score (nSPS) is 16.8. The Morgan fingerprint density at radius 3 is 2.68 bits per heavy atom. The smallest absolute Gasteiger partial charge is 0.122 e. The Bertz CT molecular complexity index is 394. The van der Waals surface area contributed by atoms with Gasteiger partial charge >= 0.3 is 0 Å². The fourth-order valence-electron chi connectivity index (χ4n) is 2.64. The highest BCUT2D eigenvalue weighted by Gasteiger charge is 2.13. The second-order valence-electron chi connectivity index (χ2n) is 6.01. The molecule has 1 aromatic rings. The van der Waals surface area contributed by atoms with Gasteiger partial charge in [-0.1, -0.05) is 26.0 Å². The number of nitrogens with one attached hydrogen (secondary N) is 1. The van der Waals surface area contributed by atoms with Crippen molar-refractivity contribution in [1.29, 1.82) is 0 Å². The zero-order valence-corrected chi connectivity index (χ0v) is 12.5. The molecule has 0 spiro atoms. The first-order chi connectivity index (χ1) is 9.16. The van der Waals surface area contributed by atoms with Crippen molar-refractivity contribution in [2.45, 2.75) is 46.0 Å². The Morgan fingerprint density at radius 1 is 1.26 bits per heavy atom. The number of piperidine rings is 1. The van der Waals surface area contributed by atoms with E-state index in [0.717, 1.165) is 18.3 Å². The van der Waals surface area contributed by atoms with E-state index >= 15 is 0 Å². The van der Waals surface area contributed by atoms with Gasteiger partial charge in [-0.2, -0.15) is 0 Å². The van der Waals surface area contributed by atoms with Crippen LogP contribution in [-0.2, 0) is 0 Å². The monoisotopic (exact) mass is 261 g/mol. The van der Waals surface area contributed by atoms with Crippen LogP contribution >= 0.6 is 0 Å². The SMILES string of the molecule is Cc1ccc(C(C)C)cc1OCCC1CCNCC1. The van der Waals surface area contributed by atoms with Crippen molar-refractivity contribution >= 4 is 0 Å². The van der Waals surface area contributed by atoms with Gasteiger partial charge in [0.25, 0.3) is 0 Å². The van der Waals surface area contributed by atoms with E-state index in [1.807, 2.05) is 0 Å². The van der Waals surface area contributed by atoms with Gasteiger partial charge in [-0.15, -0.1) is 0 Å². The minimum Gasteiger partial charge on any atom is -0.493 e. The van der Waals surface area contributed by atoms with E-state index in [-0.39, 0.29) is 0 Å². The summed E-state index contributed by atoms with van der Waals surface area (Å²) in [5.41, 5.74) is 2.61. The van der Waals surface area contributed by atoms with Gasteiger partial charge in [-0.05, 0) is 68.3 Å². The van der Waals surface area contributed by atoms with Crippen molar-refractivity contribution in [2.75, 3.05) is 19.7 Å². The molecule has 0 atom stereocenters. The first-order valence-corrected chi connectivity index (χ1v) is 7.61. The molecule has 0 amide bonds. The van der Waals surface area contributed by atoms with Crippen LogP contribution < -0.4 is 10.1 Å². The lowest BCUT2D eigenvalue weighted by Gasteiger charge is -2.22. The molecule has 1 aliphatic rings. The maximum atomic E-state index is 6.01. The van der Waals surface area contributed by atoms with Crippen LogP contribution in [0.1, 0.15) is 50.2 Å². The maximum absolute atomic E-state index is 6.01. The molecule has 0 radical (unpaired) electrons. The highest BCUT2D eigenvalue weighted by molar-refractivity contribution is 5.37. The highest BCUT2D eigenvalue weighted by Crippen LogP contribution is 2.25. The third kappa shape index (κ3) is 4.24.